The molecule has 2 N–H and O–H groups in total. The highest BCUT2D eigenvalue weighted by Gasteiger charge is 2.23. The molecule has 0 aromatic heterocycles. The van der Waals surface area contributed by atoms with E-state index in [9.17, 15) is 0 Å². The summed E-state index contributed by atoms with van der Waals surface area (Å²) >= 11 is 0. The van der Waals surface area contributed by atoms with Gasteiger partial charge in [-0.25, -0.2) is 0 Å². The maximum absolute atomic E-state index is 5.43. The number of methoxy groups -OCH3 is 4. The van der Waals surface area contributed by atoms with Crippen molar-refractivity contribution in [1.82, 2.24) is 5.32 Å². The Morgan fingerprint density at radius 3 is 1.90 bits per heavy atom. The second kappa shape index (κ2) is 11.7. The zero-order valence-corrected chi connectivity index (χ0v) is 21.0. The molecular weight excluding hydrogens is 497 g/mol. The van der Waals surface area contributed by atoms with E-state index < -0.39 is 0 Å². The largest absolute Gasteiger partial charge is 0.493 e. The molecule has 0 saturated carbocycles. The lowest BCUT2D eigenvalue weighted by Crippen LogP contribution is -2.40. The molecule has 8 heteroatoms. The molecule has 2 aromatic rings. The van der Waals surface area contributed by atoms with Gasteiger partial charge in [-0.1, -0.05) is 19.9 Å². The van der Waals surface area contributed by atoms with Crippen LogP contribution in [0.4, 0.5) is 5.69 Å². The lowest BCUT2D eigenvalue weighted by molar-refractivity contribution is 0.353. The highest BCUT2D eigenvalue weighted by Crippen LogP contribution is 2.33. The molecule has 30 heavy (non-hydrogen) atoms. The molecule has 166 valence electrons. The number of nitrogens with one attached hydrogen (secondary N) is 2. The molecule has 0 aliphatic rings. The summed E-state index contributed by atoms with van der Waals surface area (Å²) in [6.45, 7) is 4.98. The van der Waals surface area contributed by atoms with E-state index in [2.05, 4.69) is 29.5 Å². The van der Waals surface area contributed by atoms with E-state index in [0.717, 1.165) is 11.3 Å². The van der Waals surface area contributed by atoms with Crippen LogP contribution >= 0.6 is 24.0 Å². The summed E-state index contributed by atoms with van der Waals surface area (Å²) in [7, 11) is 8.23. The minimum Gasteiger partial charge on any atom is -0.493 e. The quantitative estimate of drug-likeness (QED) is 0.302. The van der Waals surface area contributed by atoms with Crippen molar-refractivity contribution in [3.05, 3.63) is 42.0 Å². The van der Waals surface area contributed by atoms with Gasteiger partial charge in [-0.15, -0.1) is 24.0 Å². The Bertz CT molecular complexity index is 856. The van der Waals surface area contributed by atoms with Gasteiger partial charge in [-0.2, -0.15) is 0 Å². The van der Waals surface area contributed by atoms with Crippen LogP contribution in [0, 0.1) is 0 Å². The molecule has 0 aliphatic heterocycles. The van der Waals surface area contributed by atoms with E-state index in [1.165, 1.54) is 0 Å². The zero-order valence-electron chi connectivity index (χ0n) is 18.7. The van der Waals surface area contributed by atoms with Crippen molar-refractivity contribution in [2.75, 3.05) is 47.3 Å². The first kappa shape index (κ1) is 25.7. The Hall–Kier alpha value is -2.36. The Kier molecular flexibility index (Phi) is 10.0. The molecule has 7 nitrogen and oxygen atoms in total. The molecule has 2 aromatic carbocycles. The maximum Gasteiger partial charge on any atom is 0.195 e. The third-order valence-electron chi connectivity index (χ3n) is 4.73. The molecule has 0 radical (unpaired) electrons. The summed E-state index contributed by atoms with van der Waals surface area (Å²) in [4.78, 5) is 4.32. The van der Waals surface area contributed by atoms with Crippen molar-refractivity contribution >= 4 is 35.6 Å². The van der Waals surface area contributed by atoms with Crippen molar-refractivity contribution < 1.29 is 18.9 Å². The first-order valence-electron chi connectivity index (χ1n) is 9.30. The minimum absolute atomic E-state index is 0. The van der Waals surface area contributed by atoms with Crippen molar-refractivity contribution in [2.24, 2.45) is 4.99 Å². The summed E-state index contributed by atoms with van der Waals surface area (Å²) < 4.78 is 21.4. The first-order valence-corrected chi connectivity index (χ1v) is 9.30. The summed E-state index contributed by atoms with van der Waals surface area (Å²) in [5, 5.41) is 6.66. The smallest absolute Gasteiger partial charge is 0.195 e. The number of benzene rings is 2. The number of rotatable bonds is 8. The van der Waals surface area contributed by atoms with Gasteiger partial charge in [0.15, 0.2) is 29.0 Å². The van der Waals surface area contributed by atoms with Gasteiger partial charge < -0.3 is 29.6 Å². The third kappa shape index (κ3) is 6.32. The van der Waals surface area contributed by atoms with Gasteiger partial charge in [0.2, 0.25) is 0 Å². The number of anilines is 1. The SMILES string of the molecule is CN=C(NCC(C)(C)c1ccc(OC)c(OC)c1)Nc1ccc(OC)c(OC)c1.I. The maximum atomic E-state index is 5.43. The number of guanidine groups is 1. The van der Waals surface area contributed by atoms with E-state index in [1.54, 1.807) is 35.5 Å². The Morgan fingerprint density at radius 2 is 1.37 bits per heavy atom. The van der Waals surface area contributed by atoms with Crippen molar-refractivity contribution in [2.45, 2.75) is 19.3 Å². The van der Waals surface area contributed by atoms with Gasteiger partial charge in [0.1, 0.15) is 0 Å². The minimum atomic E-state index is -0.172. The molecule has 0 fully saturated rings. The van der Waals surface area contributed by atoms with E-state index in [0.29, 0.717) is 35.5 Å². The van der Waals surface area contributed by atoms with E-state index in [-0.39, 0.29) is 29.4 Å². The Balaban J connectivity index is 0.00000450. The summed E-state index contributed by atoms with van der Waals surface area (Å²) in [5.41, 5.74) is 1.80. The van der Waals surface area contributed by atoms with Crippen LogP contribution in [0.5, 0.6) is 23.0 Å². The third-order valence-corrected chi connectivity index (χ3v) is 4.73. The predicted molar refractivity (Wildman–Crippen MR) is 133 cm³/mol. The van der Waals surface area contributed by atoms with Crippen LogP contribution in [0.25, 0.3) is 0 Å². The van der Waals surface area contributed by atoms with E-state index >= 15 is 0 Å². The van der Waals surface area contributed by atoms with Crippen LogP contribution in [-0.4, -0.2) is 48.0 Å². The van der Waals surface area contributed by atoms with E-state index in [4.69, 9.17) is 18.9 Å². The summed E-state index contributed by atoms with van der Waals surface area (Å²) in [5.74, 6) is 3.41. The lowest BCUT2D eigenvalue weighted by Gasteiger charge is -2.27. The fourth-order valence-corrected chi connectivity index (χ4v) is 2.89. The van der Waals surface area contributed by atoms with Crippen LogP contribution in [0.15, 0.2) is 41.4 Å². The highest BCUT2D eigenvalue weighted by molar-refractivity contribution is 14.0. The highest BCUT2D eigenvalue weighted by atomic mass is 127. The Labute approximate surface area is 196 Å². The van der Waals surface area contributed by atoms with Gasteiger partial charge in [0.25, 0.3) is 0 Å². The van der Waals surface area contributed by atoms with E-state index in [1.807, 2.05) is 36.4 Å². The molecule has 0 bridgehead atoms. The second-order valence-electron chi connectivity index (χ2n) is 7.07. The van der Waals surface area contributed by atoms with Crippen molar-refractivity contribution in [3.8, 4) is 23.0 Å². The van der Waals surface area contributed by atoms with Crippen LogP contribution in [0.3, 0.4) is 0 Å². The molecule has 2 rings (SSSR count). The molecular formula is C22H32IN3O4. The number of ether oxygens (including phenoxy) is 4. The summed E-state index contributed by atoms with van der Waals surface area (Å²) in [6.07, 6.45) is 0. The molecule has 0 spiro atoms. The van der Waals surface area contributed by atoms with Crippen LogP contribution in [0.2, 0.25) is 0 Å². The standard InChI is InChI=1S/C22H31N3O4.HI/c1-22(2,15-8-10-17(26-4)19(12-15)28-6)14-24-21(23-3)25-16-9-11-18(27-5)20(13-16)29-7;/h8-13H,14H2,1-7H3,(H2,23,24,25);1H. The van der Waals surface area contributed by atoms with Crippen LogP contribution in [-0.2, 0) is 5.41 Å². The number of nitrogens with zero attached hydrogens (tertiary/aromatic N) is 1. The van der Waals surface area contributed by atoms with Crippen LogP contribution in [0.1, 0.15) is 19.4 Å². The molecule has 0 saturated heterocycles. The zero-order chi connectivity index (χ0) is 21.4. The number of hydrogen-bond acceptors (Lipinski definition) is 5. The van der Waals surface area contributed by atoms with Gasteiger partial charge in [-0.05, 0) is 29.8 Å². The van der Waals surface area contributed by atoms with Gasteiger partial charge in [0, 0.05) is 30.8 Å². The average molecular weight is 529 g/mol. The van der Waals surface area contributed by atoms with Crippen molar-refractivity contribution in [1.29, 1.82) is 0 Å². The predicted octanol–water partition coefficient (Wildman–Crippen LogP) is 4.30. The number of halogens is 1. The first-order chi connectivity index (χ1) is 13.9. The topological polar surface area (TPSA) is 73.3 Å². The second-order valence-corrected chi connectivity index (χ2v) is 7.07. The molecule has 0 aliphatic carbocycles. The normalized spacial score (nSPS) is 11.2. The molecule has 0 atom stereocenters. The number of hydrogen-bond donors (Lipinski definition) is 2. The average Bonchev–Trinajstić information content (AvgIpc) is 2.75. The molecule has 0 amide bonds. The van der Waals surface area contributed by atoms with Gasteiger partial charge in [-0.3, -0.25) is 4.99 Å². The fourth-order valence-electron chi connectivity index (χ4n) is 2.89. The lowest BCUT2D eigenvalue weighted by atomic mass is 9.84. The van der Waals surface area contributed by atoms with Crippen molar-refractivity contribution in [3.63, 3.8) is 0 Å². The Morgan fingerprint density at radius 1 is 0.833 bits per heavy atom. The molecule has 0 unspecified atom stereocenters. The summed E-state index contributed by atoms with van der Waals surface area (Å²) in [6, 6.07) is 11.6. The van der Waals surface area contributed by atoms with Gasteiger partial charge in [0.05, 0.1) is 28.4 Å². The molecule has 0 heterocycles. The van der Waals surface area contributed by atoms with Crippen LogP contribution < -0.4 is 29.6 Å². The monoisotopic (exact) mass is 529 g/mol. The van der Waals surface area contributed by atoms with Gasteiger partial charge >= 0.3 is 0 Å². The fraction of sp³-hybridized carbons (Fsp3) is 0.409. The number of aliphatic imine (C=N–C) groups is 1.